The SMILES string of the molecule is CCNc1cnccc1C(=O)N1CCSC(C)C1C. The number of rotatable bonds is 3. The molecular formula is C14H21N3OS. The molecule has 0 aromatic carbocycles. The van der Waals surface area contributed by atoms with Gasteiger partial charge in [-0.15, -0.1) is 0 Å². The fourth-order valence-corrected chi connectivity index (χ4v) is 3.39. The summed E-state index contributed by atoms with van der Waals surface area (Å²) in [5.74, 6) is 1.12. The zero-order valence-electron chi connectivity index (χ0n) is 11.7. The summed E-state index contributed by atoms with van der Waals surface area (Å²) in [4.78, 5) is 18.8. The third-order valence-corrected chi connectivity index (χ3v) is 4.90. The molecule has 0 radical (unpaired) electrons. The zero-order valence-corrected chi connectivity index (χ0v) is 12.5. The predicted octanol–water partition coefficient (Wildman–Crippen LogP) is 2.48. The van der Waals surface area contributed by atoms with Gasteiger partial charge in [0.25, 0.3) is 5.91 Å². The van der Waals surface area contributed by atoms with Gasteiger partial charge in [0.1, 0.15) is 0 Å². The molecule has 1 aromatic heterocycles. The van der Waals surface area contributed by atoms with Crippen molar-refractivity contribution in [2.45, 2.75) is 32.1 Å². The van der Waals surface area contributed by atoms with Crippen LogP contribution in [-0.2, 0) is 0 Å². The molecule has 0 bridgehead atoms. The Hall–Kier alpha value is -1.23. The van der Waals surface area contributed by atoms with Crippen LogP contribution in [-0.4, -0.2) is 45.9 Å². The van der Waals surface area contributed by atoms with Gasteiger partial charge in [0.2, 0.25) is 0 Å². The lowest BCUT2D eigenvalue weighted by Gasteiger charge is -2.37. The van der Waals surface area contributed by atoms with Crippen LogP contribution in [0, 0.1) is 0 Å². The topological polar surface area (TPSA) is 45.2 Å². The third kappa shape index (κ3) is 3.03. The fourth-order valence-electron chi connectivity index (χ4n) is 2.29. The largest absolute Gasteiger partial charge is 0.383 e. The number of aromatic nitrogens is 1. The van der Waals surface area contributed by atoms with E-state index in [1.54, 1.807) is 18.5 Å². The Morgan fingerprint density at radius 1 is 1.58 bits per heavy atom. The number of carbonyl (C=O) groups is 1. The predicted molar refractivity (Wildman–Crippen MR) is 80.8 cm³/mol. The maximum Gasteiger partial charge on any atom is 0.256 e. The summed E-state index contributed by atoms with van der Waals surface area (Å²) in [5.41, 5.74) is 1.55. The zero-order chi connectivity index (χ0) is 13.8. The molecule has 1 fully saturated rings. The van der Waals surface area contributed by atoms with Crippen molar-refractivity contribution < 1.29 is 4.79 Å². The van der Waals surface area contributed by atoms with E-state index in [4.69, 9.17) is 0 Å². The molecule has 0 aliphatic carbocycles. The third-order valence-electron chi connectivity index (χ3n) is 3.56. The average Bonchev–Trinajstić information content (AvgIpc) is 2.42. The Morgan fingerprint density at radius 3 is 3.11 bits per heavy atom. The Morgan fingerprint density at radius 2 is 2.37 bits per heavy atom. The number of nitrogens with one attached hydrogen (secondary N) is 1. The Bertz CT molecular complexity index is 452. The van der Waals surface area contributed by atoms with Gasteiger partial charge in [0.15, 0.2) is 0 Å². The number of hydrogen-bond donors (Lipinski definition) is 1. The minimum Gasteiger partial charge on any atom is -0.383 e. The highest BCUT2D eigenvalue weighted by molar-refractivity contribution is 8.00. The van der Waals surface area contributed by atoms with Gasteiger partial charge in [-0.1, -0.05) is 6.92 Å². The normalized spacial score (nSPS) is 23.2. The first-order valence-corrected chi connectivity index (χ1v) is 7.80. The molecule has 1 aromatic rings. The number of amides is 1. The molecule has 1 aliphatic rings. The van der Waals surface area contributed by atoms with E-state index in [2.05, 4.69) is 24.1 Å². The Labute approximate surface area is 119 Å². The van der Waals surface area contributed by atoms with Crippen LogP contribution in [0.25, 0.3) is 0 Å². The monoisotopic (exact) mass is 279 g/mol. The number of carbonyl (C=O) groups excluding carboxylic acids is 1. The lowest BCUT2D eigenvalue weighted by Crippen LogP contribution is -2.48. The van der Waals surface area contributed by atoms with Crippen molar-refractivity contribution in [3.05, 3.63) is 24.0 Å². The van der Waals surface area contributed by atoms with Crippen molar-refractivity contribution >= 4 is 23.4 Å². The van der Waals surface area contributed by atoms with E-state index in [0.717, 1.165) is 30.1 Å². The molecular weight excluding hydrogens is 258 g/mol. The second-order valence-corrected chi connectivity index (χ2v) is 6.25. The van der Waals surface area contributed by atoms with Crippen molar-refractivity contribution in [1.82, 2.24) is 9.88 Å². The maximum atomic E-state index is 12.7. The van der Waals surface area contributed by atoms with Gasteiger partial charge >= 0.3 is 0 Å². The Kier molecular flexibility index (Phi) is 4.69. The minimum absolute atomic E-state index is 0.109. The van der Waals surface area contributed by atoms with Crippen LogP contribution in [0.4, 0.5) is 5.69 Å². The van der Waals surface area contributed by atoms with Crippen molar-refractivity contribution in [2.24, 2.45) is 0 Å². The smallest absolute Gasteiger partial charge is 0.256 e. The maximum absolute atomic E-state index is 12.7. The van der Waals surface area contributed by atoms with Gasteiger partial charge in [0, 0.05) is 36.3 Å². The summed E-state index contributed by atoms with van der Waals surface area (Å²) in [6.07, 6.45) is 3.41. The second kappa shape index (κ2) is 6.28. The lowest BCUT2D eigenvalue weighted by molar-refractivity contribution is 0.0699. The summed E-state index contributed by atoms with van der Waals surface area (Å²) in [6.45, 7) is 7.94. The van der Waals surface area contributed by atoms with E-state index in [1.165, 1.54) is 0 Å². The van der Waals surface area contributed by atoms with E-state index >= 15 is 0 Å². The highest BCUT2D eigenvalue weighted by Gasteiger charge is 2.30. The summed E-state index contributed by atoms with van der Waals surface area (Å²) < 4.78 is 0. The average molecular weight is 279 g/mol. The van der Waals surface area contributed by atoms with Crippen LogP contribution in [0.15, 0.2) is 18.5 Å². The molecule has 2 heterocycles. The summed E-state index contributed by atoms with van der Waals surface area (Å²) >= 11 is 1.94. The first-order valence-electron chi connectivity index (χ1n) is 6.75. The standard InChI is InChI=1S/C14H21N3OS/c1-4-16-13-9-15-6-5-12(13)14(18)17-7-8-19-11(3)10(17)2/h5-6,9-11,16H,4,7-8H2,1-3H3. The summed E-state index contributed by atoms with van der Waals surface area (Å²) in [6, 6.07) is 2.08. The lowest BCUT2D eigenvalue weighted by atomic mass is 10.1. The van der Waals surface area contributed by atoms with Crippen molar-refractivity contribution in [3.8, 4) is 0 Å². The van der Waals surface area contributed by atoms with Gasteiger partial charge in [0.05, 0.1) is 17.4 Å². The van der Waals surface area contributed by atoms with E-state index in [1.807, 2.05) is 23.6 Å². The van der Waals surface area contributed by atoms with Crippen LogP contribution in [0.1, 0.15) is 31.1 Å². The molecule has 104 valence electrons. The number of nitrogens with zero attached hydrogens (tertiary/aromatic N) is 2. The molecule has 0 saturated carbocycles. The molecule has 5 heteroatoms. The van der Waals surface area contributed by atoms with Crippen LogP contribution in [0.2, 0.25) is 0 Å². The van der Waals surface area contributed by atoms with Gasteiger partial charge in [-0.25, -0.2) is 0 Å². The van der Waals surface area contributed by atoms with Crippen LogP contribution >= 0.6 is 11.8 Å². The van der Waals surface area contributed by atoms with Crippen molar-refractivity contribution in [2.75, 3.05) is 24.2 Å². The molecule has 1 aliphatic heterocycles. The van der Waals surface area contributed by atoms with E-state index in [0.29, 0.717) is 5.25 Å². The van der Waals surface area contributed by atoms with E-state index in [9.17, 15) is 4.79 Å². The van der Waals surface area contributed by atoms with Crippen molar-refractivity contribution in [3.63, 3.8) is 0 Å². The van der Waals surface area contributed by atoms with Crippen molar-refractivity contribution in [1.29, 1.82) is 0 Å². The number of hydrogen-bond acceptors (Lipinski definition) is 4. The first-order chi connectivity index (χ1) is 9.15. The molecule has 0 spiro atoms. The van der Waals surface area contributed by atoms with E-state index < -0.39 is 0 Å². The minimum atomic E-state index is 0.109. The number of thioether (sulfide) groups is 1. The van der Waals surface area contributed by atoms with Crippen LogP contribution < -0.4 is 5.32 Å². The van der Waals surface area contributed by atoms with Crippen LogP contribution in [0.3, 0.4) is 0 Å². The number of anilines is 1. The van der Waals surface area contributed by atoms with Gasteiger partial charge in [-0.2, -0.15) is 11.8 Å². The molecule has 4 nitrogen and oxygen atoms in total. The number of pyridine rings is 1. The van der Waals surface area contributed by atoms with E-state index in [-0.39, 0.29) is 11.9 Å². The van der Waals surface area contributed by atoms with Gasteiger partial charge in [-0.05, 0) is 19.9 Å². The molecule has 2 unspecified atom stereocenters. The second-order valence-electron chi connectivity index (χ2n) is 4.77. The fraction of sp³-hybridized carbons (Fsp3) is 0.571. The quantitative estimate of drug-likeness (QED) is 0.923. The first kappa shape index (κ1) is 14.2. The molecule has 1 saturated heterocycles. The summed E-state index contributed by atoms with van der Waals surface area (Å²) in [5, 5.41) is 3.70. The Balaban J connectivity index is 2.23. The highest BCUT2D eigenvalue weighted by atomic mass is 32.2. The molecule has 2 atom stereocenters. The van der Waals surface area contributed by atoms with Crippen LogP contribution in [0.5, 0.6) is 0 Å². The molecule has 1 N–H and O–H groups in total. The molecule has 1 amide bonds. The molecule has 19 heavy (non-hydrogen) atoms. The highest BCUT2D eigenvalue weighted by Crippen LogP contribution is 2.27. The van der Waals surface area contributed by atoms with Gasteiger partial charge < -0.3 is 10.2 Å². The molecule has 2 rings (SSSR count). The summed E-state index contributed by atoms with van der Waals surface area (Å²) in [7, 11) is 0. The van der Waals surface area contributed by atoms with Gasteiger partial charge in [-0.3, -0.25) is 9.78 Å².